The highest BCUT2D eigenvalue weighted by Gasteiger charge is 2.10. The van der Waals surface area contributed by atoms with Gasteiger partial charge >= 0.3 is 5.97 Å². The zero-order valence-electron chi connectivity index (χ0n) is 14.5. The predicted octanol–water partition coefficient (Wildman–Crippen LogP) is 3.20. The highest BCUT2D eigenvalue weighted by molar-refractivity contribution is 5.93. The Hall–Kier alpha value is -3.02. The SMILES string of the molecule is CCOC(=O)c1cccc(OCC(=O)Nc2cc(C)ccc2OC)c1. The quantitative estimate of drug-likeness (QED) is 0.782. The minimum absolute atomic E-state index is 0.191. The highest BCUT2D eigenvalue weighted by atomic mass is 16.5. The van der Waals surface area contributed by atoms with Crippen LogP contribution in [0.25, 0.3) is 0 Å². The van der Waals surface area contributed by atoms with Crippen LogP contribution in [0.3, 0.4) is 0 Å². The Morgan fingerprint density at radius 2 is 1.92 bits per heavy atom. The first-order valence-corrected chi connectivity index (χ1v) is 7.88. The van der Waals surface area contributed by atoms with E-state index in [1.807, 2.05) is 19.1 Å². The molecule has 1 amide bonds. The van der Waals surface area contributed by atoms with Crippen molar-refractivity contribution in [2.24, 2.45) is 0 Å². The van der Waals surface area contributed by atoms with Crippen LogP contribution in [-0.2, 0) is 9.53 Å². The number of hydrogen-bond acceptors (Lipinski definition) is 5. The lowest BCUT2D eigenvalue weighted by Crippen LogP contribution is -2.20. The number of anilines is 1. The van der Waals surface area contributed by atoms with Crippen molar-refractivity contribution >= 4 is 17.6 Å². The van der Waals surface area contributed by atoms with Crippen molar-refractivity contribution in [2.75, 3.05) is 25.6 Å². The zero-order valence-corrected chi connectivity index (χ0v) is 14.5. The minimum Gasteiger partial charge on any atom is -0.495 e. The van der Waals surface area contributed by atoms with E-state index in [0.29, 0.717) is 29.4 Å². The van der Waals surface area contributed by atoms with E-state index in [0.717, 1.165) is 5.56 Å². The molecule has 1 N–H and O–H groups in total. The number of methoxy groups -OCH3 is 1. The molecule has 25 heavy (non-hydrogen) atoms. The van der Waals surface area contributed by atoms with Crippen molar-refractivity contribution in [3.63, 3.8) is 0 Å². The van der Waals surface area contributed by atoms with Crippen molar-refractivity contribution < 1.29 is 23.8 Å². The third kappa shape index (κ3) is 5.24. The molecule has 0 saturated carbocycles. The van der Waals surface area contributed by atoms with Gasteiger partial charge in [-0.1, -0.05) is 12.1 Å². The van der Waals surface area contributed by atoms with Crippen molar-refractivity contribution in [1.82, 2.24) is 0 Å². The second-order valence-electron chi connectivity index (χ2n) is 5.29. The van der Waals surface area contributed by atoms with Crippen LogP contribution in [-0.4, -0.2) is 32.2 Å². The fraction of sp³-hybridized carbons (Fsp3) is 0.263. The van der Waals surface area contributed by atoms with E-state index in [9.17, 15) is 9.59 Å². The number of nitrogens with one attached hydrogen (secondary N) is 1. The van der Waals surface area contributed by atoms with Crippen LogP contribution in [0.1, 0.15) is 22.8 Å². The van der Waals surface area contributed by atoms with Crippen LogP contribution in [0.5, 0.6) is 11.5 Å². The van der Waals surface area contributed by atoms with Gasteiger partial charge in [-0.05, 0) is 49.7 Å². The molecule has 0 saturated heterocycles. The molecule has 0 radical (unpaired) electrons. The average molecular weight is 343 g/mol. The summed E-state index contributed by atoms with van der Waals surface area (Å²) in [7, 11) is 1.54. The number of ether oxygens (including phenoxy) is 3. The number of amides is 1. The monoisotopic (exact) mass is 343 g/mol. The maximum atomic E-state index is 12.1. The Morgan fingerprint density at radius 3 is 2.64 bits per heavy atom. The minimum atomic E-state index is -0.429. The lowest BCUT2D eigenvalue weighted by atomic mass is 10.2. The molecule has 0 bridgehead atoms. The fourth-order valence-electron chi connectivity index (χ4n) is 2.18. The van der Waals surface area contributed by atoms with E-state index >= 15 is 0 Å². The van der Waals surface area contributed by atoms with Crippen LogP contribution in [0.4, 0.5) is 5.69 Å². The molecule has 132 valence electrons. The number of aryl methyl sites for hydroxylation is 1. The van der Waals surface area contributed by atoms with E-state index in [2.05, 4.69) is 5.32 Å². The van der Waals surface area contributed by atoms with Gasteiger partial charge in [0.05, 0.1) is 25.0 Å². The summed E-state index contributed by atoms with van der Waals surface area (Å²) in [6, 6.07) is 12.0. The molecular formula is C19H21NO5. The van der Waals surface area contributed by atoms with Gasteiger partial charge in [-0.15, -0.1) is 0 Å². The standard InChI is InChI=1S/C19H21NO5/c1-4-24-19(22)14-6-5-7-15(11-14)25-12-18(21)20-16-10-13(2)8-9-17(16)23-3/h5-11H,4,12H2,1-3H3,(H,20,21). The number of rotatable bonds is 7. The molecule has 2 aromatic carbocycles. The largest absolute Gasteiger partial charge is 0.495 e. The summed E-state index contributed by atoms with van der Waals surface area (Å²) in [5, 5.41) is 2.75. The normalized spacial score (nSPS) is 10.0. The van der Waals surface area contributed by atoms with Crippen molar-refractivity contribution in [2.45, 2.75) is 13.8 Å². The topological polar surface area (TPSA) is 73.9 Å². The van der Waals surface area contributed by atoms with Gasteiger partial charge in [-0.25, -0.2) is 4.79 Å². The number of benzene rings is 2. The summed E-state index contributed by atoms with van der Waals surface area (Å²) in [6.45, 7) is 3.77. The Kier molecular flexibility index (Phi) is 6.39. The third-order valence-corrected chi connectivity index (χ3v) is 3.34. The smallest absolute Gasteiger partial charge is 0.338 e. The predicted molar refractivity (Wildman–Crippen MR) is 94.3 cm³/mol. The van der Waals surface area contributed by atoms with E-state index in [1.165, 1.54) is 7.11 Å². The molecular weight excluding hydrogens is 322 g/mol. The number of carbonyl (C=O) groups is 2. The van der Waals surface area contributed by atoms with Crippen molar-refractivity contribution in [3.8, 4) is 11.5 Å². The van der Waals surface area contributed by atoms with Gasteiger partial charge in [0, 0.05) is 0 Å². The van der Waals surface area contributed by atoms with Gasteiger partial charge in [0.15, 0.2) is 6.61 Å². The molecule has 0 heterocycles. The Balaban J connectivity index is 1.97. The molecule has 0 aliphatic rings. The van der Waals surface area contributed by atoms with Gasteiger partial charge in [0.25, 0.3) is 5.91 Å². The fourth-order valence-corrected chi connectivity index (χ4v) is 2.18. The molecule has 2 rings (SSSR count). The highest BCUT2D eigenvalue weighted by Crippen LogP contribution is 2.25. The van der Waals surface area contributed by atoms with Gasteiger partial charge in [-0.3, -0.25) is 4.79 Å². The van der Waals surface area contributed by atoms with E-state index in [1.54, 1.807) is 37.3 Å². The van der Waals surface area contributed by atoms with Crippen LogP contribution in [0, 0.1) is 6.92 Å². The number of hydrogen-bond donors (Lipinski definition) is 1. The molecule has 0 aliphatic heterocycles. The molecule has 0 spiro atoms. The summed E-state index contributed by atoms with van der Waals surface area (Å²) < 4.78 is 15.6. The first-order chi connectivity index (χ1) is 12.0. The zero-order chi connectivity index (χ0) is 18.2. The molecule has 6 nitrogen and oxygen atoms in total. The average Bonchev–Trinajstić information content (AvgIpc) is 2.61. The van der Waals surface area contributed by atoms with Crippen LogP contribution in [0.2, 0.25) is 0 Å². The summed E-state index contributed by atoms with van der Waals surface area (Å²) in [4.78, 5) is 23.8. The van der Waals surface area contributed by atoms with Gasteiger partial charge in [0.1, 0.15) is 11.5 Å². The van der Waals surface area contributed by atoms with Crippen LogP contribution in [0.15, 0.2) is 42.5 Å². The van der Waals surface area contributed by atoms with E-state index < -0.39 is 5.97 Å². The van der Waals surface area contributed by atoms with Crippen molar-refractivity contribution in [1.29, 1.82) is 0 Å². The first kappa shape index (κ1) is 18.3. The summed E-state index contributed by atoms with van der Waals surface area (Å²) >= 11 is 0. The molecule has 2 aromatic rings. The summed E-state index contributed by atoms with van der Waals surface area (Å²) in [5.74, 6) is 0.229. The number of carbonyl (C=O) groups excluding carboxylic acids is 2. The summed E-state index contributed by atoms with van der Waals surface area (Å²) in [6.07, 6.45) is 0. The Bertz CT molecular complexity index is 757. The number of esters is 1. The van der Waals surface area contributed by atoms with E-state index in [4.69, 9.17) is 14.2 Å². The molecule has 0 unspecified atom stereocenters. The Morgan fingerprint density at radius 1 is 1.12 bits per heavy atom. The van der Waals surface area contributed by atoms with Crippen LogP contribution >= 0.6 is 0 Å². The first-order valence-electron chi connectivity index (χ1n) is 7.88. The summed E-state index contributed by atoms with van der Waals surface area (Å²) in [5.41, 5.74) is 1.95. The van der Waals surface area contributed by atoms with Gasteiger partial charge in [0.2, 0.25) is 0 Å². The lowest BCUT2D eigenvalue weighted by molar-refractivity contribution is -0.118. The third-order valence-electron chi connectivity index (χ3n) is 3.34. The molecule has 0 atom stereocenters. The second-order valence-corrected chi connectivity index (χ2v) is 5.29. The Labute approximate surface area is 146 Å². The molecule has 0 fully saturated rings. The maximum Gasteiger partial charge on any atom is 0.338 e. The maximum absolute atomic E-state index is 12.1. The van der Waals surface area contributed by atoms with Crippen LogP contribution < -0.4 is 14.8 Å². The lowest BCUT2D eigenvalue weighted by Gasteiger charge is -2.12. The van der Waals surface area contributed by atoms with E-state index in [-0.39, 0.29) is 12.5 Å². The molecule has 0 aromatic heterocycles. The molecule has 6 heteroatoms. The van der Waals surface area contributed by atoms with Gasteiger partial charge < -0.3 is 19.5 Å². The van der Waals surface area contributed by atoms with Gasteiger partial charge in [-0.2, -0.15) is 0 Å². The second kappa shape index (κ2) is 8.73. The molecule has 0 aliphatic carbocycles. The van der Waals surface area contributed by atoms with Crippen molar-refractivity contribution in [3.05, 3.63) is 53.6 Å².